The predicted molar refractivity (Wildman–Crippen MR) is 58.1 cm³/mol. The van der Waals surface area contributed by atoms with Crippen LogP contribution >= 0.6 is 0 Å². The minimum absolute atomic E-state index is 1.16. The summed E-state index contributed by atoms with van der Waals surface area (Å²) < 4.78 is 0. The van der Waals surface area contributed by atoms with Crippen molar-refractivity contribution in [2.24, 2.45) is 0 Å². The molecule has 1 aliphatic carbocycles. The first-order chi connectivity index (χ1) is 6.79. The van der Waals surface area contributed by atoms with Crippen LogP contribution in [0.4, 0.5) is 0 Å². The third-order valence-electron chi connectivity index (χ3n) is 3.07. The van der Waals surface area contributed by atoms with Gasteiger partial charge in [-0.3, -0.25) is 4.98 Å². The molecule has 1 aromatic heterocycles. The van der Waals surface area contributed by atoms with E-state index in [0.717, 1.165) is 5.69 Å². The molecule has 0 radical (unpaired) electrons. The Labute approximate surface area is 83.4 Å². The summed E-state index contributed by atoms with van der Waals surface area (Å²) in [5.74, 6) is 0. The van der Waals surface area contributed by atoms with Gasteiger partial charge >= 0.3 is 0 Å². The zero-order valence-electron chi connectivity index (χ0n) is 8.33. The first-order valence-electron chi connectivity index (χ1n) is 4.85. The maximum Gasteiger partial charge on any atom is 0.0786 e. The van der Waals surface area contributed by atoms with Gasteiger partial charge in [0.2, 0.25) is 0 Å². The van der Waals surface area contributed by atoms with E-state index < -0.39 is 0 Å². The van der Waals surface area contributed by atoms with E-state index in [1.165, 1.54) is 27.8 Å². The molecular weight excluding hydrogens is 170 g/mol. The number of nitrogens with zero attached hydrogens (tertiary/aromatic N) is 1. The van der Waals surface area contributed by atoms with Gasteiger partial charge in [-0.1, -0.05) is 18.2 Å². The summed E-state index contributed by atoms with van der Waals surface area (Å²) in [7, 11) is 0. The minimum atomic E-state index is 1.16. The Morgan fingerprint density at radius 1 is 1.00 bits per heavy atom. The second-order valence-corrected chi connectivity index (χ2v) is 3.83. The fourth-order valence-corrected chi connectivity index (χ4v) is 2.12. The lowest BCUT2D eigenvalue weighted by Gasteiger charge is -2.25. The maximum absolute atomic E-state index is 4.38. The van der Waals surface area contributed by atoms with E-state index in [-0.39, 0.29) is 0 Å². The smallest absolute Gasteiger partial charge is 0.0786 e. The number of aromatic nitrogens is 1. The lowest BCUT2D eigenvalue weighted by Crippen LogP contribution is -2.04. The van der Waals surface area contributed by atoms with E-state index in [4.69, 9.17) is 0 Å². The van der Waals surface area contributed by atoms with Gasteiger partial charge in [-0.25, -0.2) is 0 Å². The third-order valence-corrected chi connectivity index (χ3v) is 3.07. The second-order valence-electron chi connectivity index (χ2n) is 3.83. The number of benzene rings is 1. The van der Waals surface area contributed by atoms with E-state index in [2.05, 4.69) is 37.0 Å². The minimum Gasteiger partial charge on any atom is -0.256 e. The number of aryl methyl sites for hydroxylation is 1. The Kier molecular flexibility index (Phi) is 1.35. The molecular formula is C13H11N. The lowest BCUT2D eigenvalue weighted by atomic mass is 9.80. The van der Waals surface area contributed by atoms with Gasteiger partial charge in [0.25, 0.3) is 0 Å². The Morgan fingerprint density at radius 3 is 2.71 bits per heavy atom. The van der Waals surface area contributed by atoms with E-state index in [9.17, 15) is 0 Å². The van der Waals surface area contributed by atoms with Crippen molar-refractivity contribution in [1.29, 1.82) is 0 Å². The van der Waals surface area contributed by atoms with Crippen LogP contribution in [-0.2, 0) is 0 Å². The van der Waals surface area contributed by atoms with Crippen molar-refractivity contribution < 1.29 is 0 Å². The van der Waals surface area contributed by atoms with Crippen LogP contribution in [0, 0.1) is 13.8 Å². The van der Waals surface area contributed by atoms with Crippen molar-refractivity contribution in [2.45, 2.75) is 13.8 Å². The van der Waals surface area contributed by atoms with E-state index in [0.29, 0.717) is 0 Å². The zero-order chi connectivity index (χ0) is 9.71. The molecule has 0 unspecified atom stereocenters. The number of hydrogen-bond acceptors (Lipinski definition) is 1. The molecule has 0 atom stereocenters. The summed E-state index contributed by atoms with van der Waals surface area (Å²) >= 11 is 0. The van der Waals surface area contributed by atoms with Gasteiger partial charge < -0.3 is 0 Å². The van der Waals surface area contributed by atoms with Crippen LogP contribution in [0.3, 0.4) is 0 Å². The second kappa shape index (κ2) is 2.44. The molecule has 0 aliphatic heterocycles. The third kappa shape index (κ3) is 0.771. The van der Waals surface area contributed by atoms with Gasteiger partial charge in [-0.05, 0) is 36.6 Å². The maximum atomic E-state index is 4.38. The van der Waals surface area contributed by atoms with Crippen molar-refractivity contribution >= 4 is 0 Å². The highest BCUT2D eigenvalue weighted by atomic mass is 14.7. The molecule has 2 aromatic rings. The van der Waals surface area contributed by atoms with Crippen molar-refractivity contribution in [1.82, 2.24) is 4.98 Å². The number of pyridine rings is 1. The molecule has 1 aromatic carbocycles. The average Bonchev–Trinajstić information content (AvgIpc) is 2.18. The highest BCUT2D eigenvalue weighted by Crippen LogP contribution is 2.47. The van der Waals surface area contributed by atoms with Gasteiger partial charge in [0.15, 0.2) is 0 Å². The molecule has 0 spiro atoms. The van der Waals surface area contributed by atoms with Crippen LogP contribution in [0.1, 0.15) is 11.1 Å². The van der Waals surface area contributed by atoms with Crippen molar-refractivity contribution in [3.05, 3.63) is 41.6 Å². The number of fused-ring (bicyclic) bond motifs is 4. The Hall–Kier alpha value is -1.63. The largest absolute Gasteiger partial charge is 0.256 e. The van der Waals surface area contributed by atoms with Crippen LogP contribution in [-0.4, -0.2) is 4.98 Å². The molecule has 68 valence electrons. The first kappa shape index (κ1) is 7.74. The van der Waals surface area contributed by atoms with E-state index in [1.807, 2.05) is 12.3 Å². The molecule has 1 nitrogen and oxygen atoms in total. The molecule has 1 aliphatic rings. The molecule has 0 saturated heterocycles. The van der Waals surface area contributed by atoms with Crippen LogP contribution in [0.2, 0.25) is 0 Å². The highest BCUT2D eigenvalue weighted by Gasteiger charge is 2.25. The van der Waals surface area contributed by atoms with Gasteiger partial charge in [-0.15, -0.1) is 0 Å². The van der Waals surface area contributed by atoms with E-state index in [1.54, 1.807) is 0 Å². The predicted octanol–water partition coefficient (Wildman–Crippen LogP) is 3.35. The molecule has 1 heterocycles. The van der Waals surface area contributed by atoms with E-state index >= 15 is 0 Å². The Balaban J connectivity index is 2.34. The van der Waals surface area contributed by atoms with Crippen LogP contribution in [0.25, 0.3) is 22.4 Å². The molecule has 0 bridgehead atoms. The summed E-state index contributed by atoms with van der Waals surface area (Å²) in [6.45, 7) is 4.34. The summed E-state index contributed by atoms with van der Waals surface area (Å²) in [6, 6.07) is 8.50. The Morgan fingerprint density at radius 2 is 1.86 bits per heavy atom. The van der Waals surface area contributed by atoms with Crippen LogP contribution in [0.5, 0.6) is 0 Å². The average molecular weight is 181 g/mol. The van der Waals surface area contributed by atoms with Gasteiger partial charge in [-0.2, -0.15) is 0 Å². The summed E-state index contributed by atoms with van der Waals surface area (Å²) in [5, 5.41) is 0. The lowest BCUT2D eigenvalue weighted by molar-refractivity contribution is 1.25. The zero-order valence-corrected chi connectivity index (χ0v) is 8.33. The molecule has 0 amide bonds. The standard InChI is InChI=1S/C13H11N/c1-8-5-6-11-12(9(8)2)10-4-3-7-14-13(10)11/h3-7H,1-2H3. The molecule has 0 fully saturated rings. The normalized spacial score (nSPS) is 11.6. The van der Waals surface area contributed by atoms with Crippen LogP contribution < -0.4 is 0 Å². The highest BCUT2D eigenvalue weighted by molar-refractivity contribution is 6.02. The molecule has 0 N–H and O–H groups in total. The Bertz CT molecular complexity index is 527. The SMILES string of the molecule is Cc1ccc2c(c1C)-c1cccnc1-2. The molecule has 1 heteroatoms. The summed E-state index contributed by atoms with van der Waals surface area (Å²) in [6.07, 6.45) is 1.86. The molecule has 14 heavy (non-hydrogen) atoms. The van der Waals surface area contributed by atoms with Crippen molar-refractivity contribution in [3.8, 4) is 22.4 Å². The van der Waals surface area contributed by atoms with Gasteiger partial charge in [0.1, 0.15) is 0 Å². The quantitative estimate of drug-likeness (QED) is 0.518. The topological polar surface area (TPSA) is 12.9 Å². The van der Waals surface area contributed by atoms with Gasteiger partial charge in [0, 0.05) is 17.3 Å². The van der Waals surface area contributed by atoms with Gasteiger partial charge in [0.05, 0.1) is 5.69 Å². The fourth-order valence-electron chi connectivity index (χ4n) is 2.12. The molecule has 3 rings (SSSR count). The number of hydrogen-bond donors (Lipinski definition) is 0. The van der Waals surface area contributed by atoms with Crippen molar-refractivity contribution in [2.75, 3.05) is 0 Å². The molecule has 0 saturated carbocycles. The number of rotatable bonds is 0. The summed E-state index contributed by atoms with van der Waals surface area (Å²) in [5.41, 5.74) is 7.92. The monoisotopic (exact) mass is 181 g/mol. The van der Waals surface area contributed by atoms with Crippen molar-refractivity contribution in [3.63, 3.8) is 0 Å². The first-order valence-corrected chi connectivity index (χ1v) is 4.85. The fraction of sp³-hybridized carbons (Fsp3) is 0.154. The summed E-state index contributed by atoms with van der Waals surface area (Å²) in [4.78, 5) is 4.38. The van der Waals surface area contributed by atoms with Crippen LogP contribution in [0.15, 0.2) is 30.5 Å².